The maximum Gasteiger partial charge on any atom is 0.234 e. The summed E-state index contributed by atoms with van der Waals surface area (Å²) in [5.74, 6) is 0.282. The van der Waals surface area contributed by atoms with Crippen LogP contribution in [0, 0.1) is 12.8 Å². The fourth-order valence-corrected chi connectivity index (χ4v) is 3.04. The van der Waals surface area contributed by atoms with Gasteiger partial charge in [-0.1, -0.05) is 24.3 Å². The van der Waals surface area contributed by atoms with Gasteiger partial charge in [0.1, 0.15) is 0 Å². The van der Waals surface area contributed by atoms with Crippen molar-refractivity contribution in [1.82, 2.24) is 15.5 Å². The van der Waals surface area contributed by atoms with E-state index in [1.165, 1.54) is 11.1 Å². The molecule has 2 N–H and O–H groups in total. The Morgan fingerprint density at radius 2 is 1.91 bits per heavy atom. The second-order valence-corrected chi connectivity index (χ2v) is 6.19. The lowest BCUT2D eigenvalue weighted by Crippen LogP contribution is -2.44. The minimum atomic E-state index is 0.0666. The van der Waals surface area contributed by atoms with Gasteiger partial charge in [0.2, 0.25) is 11.8 Å². The molecule has 1 fully saturated rings. The number of likely N-dealkylation sites (tertiary alicyclic amines) is 1. The Morgan fingerprint density at radius 3 is 2.57 bits per heavy atom. The maximum atomic E-state index is 12.0. The molecule has 5 nitrogen and oxygen atoms in total. The maximum absolute atomic E-state index is 12.0. The Labute approximate surface area is 138 Å². The van der Waals surface area contributed by atoms with Crippen molar-refractivity contribution in [2.45, 2.75) is 26.2 Å². The van der Waals surface area contributed by atoms with Crippen molar-refractivity contribution in [2.24, 2.45) is 5.92 Å². The molecule has 0 aromatic heterocycles. The van der Waals surface area contributed by atoms with Crippen LogP contribution in [0.3, 0.4) is 0 Å². The molecule has 0 unspecified atom stereocenters. The van der Waals surface area contributed by atoms with E-state index in [0.717, 1.165) is 32.4 Å². The van der Waals surface area contributed by atoms with Gasteiger partial charge in [0, 0.05) is 19.5 Å². The first-order valence-electron chi connectivity index (χ1n) is 8.35. The summed E-state index contributed by atoms with van der Waals surface area (Å²) in [6.45, 7) is 4.80. The summed E-state index contributed by atoms with van der Waals surface area (Å²) in [4.78, 5) is 25.7. The van der Waals surface area contributed by atoms with Crippen LogP contribution in [-0.4, -0.2) is 49.9 Å². The zero-order valence-electron chi connectivity index (χ0n) is 14.1. The van der Waals surface area contributed by atoms with Crippen LogP contribution in [0.15, 0.2) is 24.3 Å². The predicted octanol–water partition coefficient (Wildman–Crippen LogP) is 1.11. The molecular weight excluding hydrogens is 290 g/mol. The quantitative estimate of drug-likeness (QED) is 0.826. The van der Waals surface area contributed by atoms with E-state index in [9.17, 15) is 9.59 Å². The van der Waals surface area contributed by atoms with E-state index in [2.05, 4.69) is 34.6 Å². The number of carbonyl (C=O) groups excluding carboxylic acids is 2. The Bertz CT molecular complexity index is 537. The SMILES string of the molecule is CNC(=O)C1CCN(CC(=O)NCCc2ccccc2C)CC1. The molecule has 126 valence electrons. The minimum Gasteiger partial charge on any atom is -0.359 e. The first kappa shape index (κ1) is 17.5. The first-order valence-corrected chi connectivity index (χ1v) is 8.35. The highest BCUT2D eigenvalue weighted by Crippen LogP contribution is 2.16. The van der Waals surface area contributed by atoms with Crippen LogP contribution in [-0.2, 0) is 16.0 Å². The van der Waals surface area contributed by atoms with E-state index >= 15 is 0 Å². The van der Waals surface area contributed by atoms with Crippen molar-refractivity contribution in [2.75, 3.05) is 33.2 Å². The van der Waals surface area contributed by atoms with E-state index in [0.29, 0.717) is 13.1 Å². The molecule has 23 heavy (non-hydrogen) atoms. The van der Waals surface area contributed by atoms with Gasteiger partial charge in [0.15, 0.2) is 0 Å². The van der Waals surface area contributed by atoms with Gasteiger partial charge in [-0.2, -0.15) is 0 Å². The topological polar surface area (TPSA) is 61.4 Å². The van der Waals surface area contributed by atoms with Gasteiger partial charge in [-0.25, -0.2) is 0 Å². The van der Waals surface area contributed by atoms with Gasteiger partial charge in [-0.15, -0.1) is 0 Å². The molecule has 0 bridgehead atoms. The van der Waals surface area contributed by atoms with E-state index in [1.807, 2.05) is 12.1 Å². The molecule has 1 aliphatic rings. The monoisotopic (exact) mass is 317 g/mol. The second kappa shape index (κ2) is 8.67. The average Bonchev–Trinajstić information content (AvgIpc) is 2.56. The molecule has 1 aromatic carbocycles. The number of benzene rings is 1. The van der Waals surface area contributed by atoms with E-state index in [-0.39, 0.29) is 17.7 Å². The number of hydrogen-bond donors (Lipinski definition) is 2. The number of rotatable bonds is 6. The number of amides is 2. The van der Waals surface area contributed by atoms with E-state index < -0.39 is 0 Å². The largest absolute Gasteiger partial charge is 0.359 e. The Balaban J connectivity index is 1.66. The first-order chi connectivity index (χ1) is 11.1. The van der Waals surface area contributed by atoms with Gasteiger partial charge in [-0.3, -0.25) is 14.5 Å². The molecule has 5 heteroatoms. The lowest BCUT2D eigenvalue weighted by Gasteiger charge is -2.30. The van der Waals surface area contributed by atoms with Gasteiger partial charge < -0.3 is 10.6 Å². The van der Waals surface area contributed by atoms with E-state index in [4.69, 9.17) is 0 Å². The molecule has 0 spiro atoms. The molecule has 2 rings (SSSR count). The zero-order chi connectivity index (χ0) is 16.7. The van der Waals surface area contributed by atoms with Crippen LogP contribution in [0.1, 0.15) is 24.0 Å². The summed E-state index contributed by atoms with van der Waals surface area (Å²) in [5.41, 5.74) is 2.54. The van der Waals surface area contributed by atoms with Gasteiger partial charge in [0.25, 0.3) is 0 Å². The van der Waals surface area contributed by atoms with Crippen LogP contribution < -0.4 is 10.6 Å². The highest BCUT2D eigenvalue weighted by atomic mass is 16.2. The van der Waals surface area contributed by atoms with Crippen molar-refractivity contribution in [1.29, 1.82) is 0 Å². The molecule has 1 aliphatic heterocycles. The smallest absolute Gasteiger partial charge is 0.234 e. The van der Waals surface area contributed by atoms with Crippen LogP contribution in [0.25, 0.3) is 0 Å². The van der Waals surface area contributed by atoms with Crippen molar-refractivity contribution < 1.29 is 9.59 Å². The molecule has 0 atom stereocenters. The van der Waals surface area contributed by atoms with Crippen molar-refractivity contribution >= 4 is 11.8 Å². The van der Waals surface area contributed by atoms with Crippen LogP contribution in [0.4, 0.5) is 0 Å². The average molecular weight is 317 g/mol. The van der Waals surface area contributed by atoms with Crippen LogP contribution >= 0.6 is 0 Å². The third-order valence-corrected chi connectivity index (χ3v) is 4.55. The van der Waals surface area contributed by atoms with Gasteiger partial charge >= 0.3 is 0 Å². The summed E-state index contributed by atoms with van der Waals surface area (Å²) in [6, 6.07) is 8.25. The highest BCUT2D eigenvalue weighted by Gasteiger charge is 2.24. The van der Waals surface area contributed by atoms with E-state index in [1.54, 1.807) is 7.05 Å². The molecule has 1 saturated heterocycles. The number of carbonyl (C=O) groups is 2. The summed E-state index contributed by atoms with van der Waals surface area (Å²) in [7, 11) is 1.68. The number of nitrogens with one attached hydrogen (secondary N) is 2. The molecule has 0 aliphatic carbocycles. The molecule has 0 saturated carbocycles. The van der Waals surface area contributed by atoms with Crippen molar-refractivity contribution in [3.05, 3.63) is 35.4 Å². The zero-order valence-corrected chi connectivity index (χ0v) is 14.1. The normalized spacial score (nSPS) is 16.1. The van der Waals surface area contributed by atoms with Crippen LogP contribution in [0.2, 0.25) is 0 Å². The summed E-state index contributed by atoms with van der Waals surface area (Å²) in [5, 5.41) is 5.69. The Hall–Kier alpha value is -1.88. The second-order valence-electron chi connectivity index (χ2n) is 6.19. The van der Waals surface area contributed by atoms with Gasteiger partial charge in [-0.05, 0) is 50.4 Å². The summed E-state index contributed by atoms with van der Waals surface area (Å²) >= 11 is 0. The molecule has 2 amide bonds. The van der Waals surface area contributed by atoms with Gasteiger partial charge in [0.05, 0.1) is 6.54 Å². The number of aryl methyl sites for hydroxylation is 1. The lowest BCUT2D eigenvalue weighted by molar-refractivity contribution is -0.126. The Morgan fingerprint density at radius 1 is 1.22 bits per heavy atom. The van der Waals surface area contributed by atoms with Crippen molar-refractivity contribution in [3.8, 4) is 0 Å². The third-order valence-electron chi connectivity index (χ3n) is 4.55. The standard InChI is InChI=1S/C18H27N3O2/c1-14-5-3-4-6-15(14)7-10-20-17(22)13-21-11-8-16(9-12-21)18(23)19-2/h3-6,16H,7-13H2,1-2H3,(H,19,23)(H,20,22). The molecule has 1 aromatic rings. The number of hydrogen-bond acceptors (Lipinski definition) is 3. The van der Waals surface area contributed by atoms with Crippen molar-refractivity contribution in [3.63, 3.8) is 0 Å². The fourth-order valence-electron chi connectivity index (χ4n) is 3.04. The number of piperidine rings is 1. The fraction of sp³-hybridized carbons (Fsp3) is 0.556. The summed E-state index contributed by atoms with van der Waals surface area (Å²) in [6.07, 6.45) is 2.52. The highest BCUT2D eigenvalue weighted by molar-refractivity contribution is 5.79. The predicted molar refractivity (Wildman–Crippen MR) is 91.1 cm³/mol. The number of nitrogens with zero attached hydrogens (tertiary/aromatic N) is 1. The summed E-state index contributed by atoms with van der Waals surface area (Å²) < 4.78 is 0. The molecule has 0 radical (unpaired) electrons. The third kappa shape index (κ3) is 5.36. The molecule has 1 heterocycles. The van der Waals surface area contributed by atoms with Crippen LogP contribution in [0.5, 0.6) is 0 Å². The lowest BCUT2D eigenvalue weighted by atomic mass is 9.96. The molecular formula is C18H27N3O2. The minimum absolute atomic E-state index is 0.0666. The Kier molecular flexibility index (Phi) is 6.59.